The summed E-state index contributed by atoms with van der Waals surface area (Å²) in [6, 6.07) is 11.3. The third kappa shape index (κ3) is 6.24. The van der Waals surface area contributed by atoms with Crippen molar-refractivity contribution < 1.29 is 28.0 Å². The number of carbonyl (C=O) groups excluding carboxylic acids is 2. The maximum atomic E-state index is 14.6. The molecule has 246 valence electrons. The summed E-state index contributed by atoms with van der Waals surface area (Å²) in [7, 11) is -2.06. The zero-order valence-corrected chi connectivity index (χ0v) is 28.2. The molecule has 2 heterocycles. The summed E-state index contributed by atoms with van der Waals surface area (Å²) in [5.74, 6) is -0.201. The molecule has 4 aliphatic rings. The number of ether oxygens (including phenoxy) is 3. The van der Waals surface area contributed by atoms with Crippen molar-refractivity contribution in [1.82, 2.24) is 4.72 Å². The van der Waals surface area contributed by atoms with Crippen molar-refractivity contribution in [2.45, 2.75) is 68.0 Å². The van der Waals surface area contributed by atoms with E-state index < -0.39 is 27.3 Å². The molecule has 2 aromatic rings. The number of hydrogen-bond donors (Lipinski definition) is 1. The number of nitrogens with zero attached hydrogens (tertiary/aromatic N) is 2. The fourth-order valence-electron chi connectivity index (χ4n) is 7.25. The molecule has 1 unspecified atom stereocenters. The van der Waals surface area contributed by atoms with E-state index in [1.54, 1.807) is 39.2 Å². The van der Waals surface area contributed by atoms with Gasteiger partial charge in [0.15, 0.2) is 9.92 Å². The molecule has 2 aliphatic carbocycles. The molecule has 46 heavy (non-hydrogen) atoms. The molecule has 9 nitrogen and oxygen atoms in total. The van der Waals surface area contributed by atoms with Gasteiger partial charge in [0, 0.05) is 30.6 Å². The first-order valence-electron chi connectivity index (χ1n) is 15.9. The van der Waals surface area contributed by atoms with Gasteiger partial charge in [-0.05, 0) is 105 Å². The van der Waals surface area contributed by atoms with Crippen molar-refractivity contribution in [3.8, 4) is 5.75 Å². The number of rotatable bonds is 3. The third-order valence-electron chi connectivity index (χ3n) is 9.97. The van der Waals surface area contributed by atoms with Gasteiger partial charge in [-0.3, -0.25) is 14.3 Å². The molecule has 11 heteroatoms. The van der Waals surface area contributed by atoms with Crippen LogP contribution < -0.4 is 14.4 Å². The van der Waals surface area contributed by atoms with Crippen LogP contribution in [-0.2, 0) is 40.8 Å². The van der Waals surface area contributed by atoms with E-state index in [4.69, 9.17) is 25.8 Å². The second-order valence-electron chi connectivity index (χ2n) is 13.3. The molecule has 0 saturated heterocycles. The quantitative estimate of drug-likeness (QED) is 0.326. The van der Waals surface area contributed by atoms with Crippen LogP contribution in [0.25, 0.3) is 0 Å². The van der Waals surface area contributed by atoms with Gasteiger partial charge in [0.05, 0.1) is 29.9 Å². The Morgan fingerprint density at radius 3 is 2.80 bits per heavy atom. The van der Waals surface area contributed by atoms with Crippen molar-refractivity contribution in [2.24, 2.45) is 16.2 Å². The van der Waals surface area contributed by atoms with Gasteiger partial charge in [0.2, 0.25) is 0 Å². The number of nitrogens with one attached hydrogen (secondary N) is 1. The zero-order valence-electron chi connectivity index (χ0n) is 26.6. The van der Waals surface area contributed by atoms with Gasteiger partial charge in [-0.15, -0.1) is 4.36 Å². The molecule has 1 N–H and O–H groups in total. The average molecular weight is 668 g/mol. The van der Waals surface area contributed by atoms with Crippen molar-refractivity contribution in [3.63, 3.8) is 0 Å². The van der Waals surface area contributed by atoms with E-state index in [1.165, 1.54) is 11.1 Å². The van der Waals surface area contributed by atoms with E-state index in [-0.39, 0.29) is 23.0 Å². The Bertz CT molecular complexity index is 1700. The summed E-state index contributed by atoms with van der Waals surface area (Å²) in [6.45, 7) is 8.66. The van der Waals surface area contributed by atoms with E-state index in [0.29, 0.717) is 30.7 Å². The lowest BCUT2D eigenvalue weighted by Crippen LogP contribution is -2.49. The van der Waals surface area contributed by atoms with Crippen molar-refractivity contribution in [3.05, 3.63) is 77.4 Å². The van der Waals surface area contributed by atoms with Gasteiger partial charge in [-0.1, -0.05) is 36.4 Å². The van der Waals surface area contributed by atoms with Crippen molar-refractivity contribution in [1.29, 1.82) is 0 Å². The maximum absolute atomic E-state index is 14.6. The summed E-state index contributed by atoms with van der Waals surface area (Å²) < 4.78 is 39.6. The summed E-state index contributed by atoms with van der Waals surface area (Å²) in [5, 5.41) is 0.725. The molecule has 0 radical (unpaired) electrons. The summed E-state index contributed by atoms with van der Waals surface area (Å²) in [4.78, 5) is 28.6. The number of fused-ring (bicyclic) bond motifs is 4. The molecular weight excluding hydrogens is 626 g/mol. The van der Waals surface area contributed by atoms with Gasteiger partial charge in [-0.2, -0.15) is 0 Å². The highest BCUT2D eigenvalue weighted by Crippen LogP contribution is 2.47. The first-order chi connectivity index (χ1) is 22.0. The fourth-order valence-corrected chi connectivity index (χ4v) is 9.04. The second-order valence-corrected chi connectivity index (χ2v) is 15.6. The SMILES string of the molecule is C=CC(=O)NS1(=O)=NC(=O)C(C)(C)OC/C=C\[C@H](OC)[C@@H]2CC[C@H]2CN2C[C@@]3(CCCc4cc(Cl)ccc43)COc3ccc1cc32. The van der Waals surface area contributed by atoms with Crippen LogP contribution in [0.1, 0.15) is 50.7 Å². The van der Waals surface area contributed by atoms with Crippen LogP contribution in [0, 0.1) is 11.8 Å². The molecule has 0 aromatic heterocycles. The summed E-state index contributed by atoms with van der Waals surface area (Å²) in [6.07, 6.45) is 9.77. The average Bonchev–Trinajstić information content (AvgIpc) is 3.16. The minimum Gasteiger partial charge on any atom is -0.490 e. The molecule has 6 rings (SSSR count). The van der Waals surface area contributed by atoms with Crippen LogP contribution in [0.3, 0.4) is 0 Å². The molecule has 1 saturated carbocycles. The molecule has 1 fully saturated rings. The maximum Gasteiger partial charge on any atom is 0.287 e. The smallest absolute Gasteiger partial charge is 0.287 e. The minimum absolute atomic E-state index is 0.104. The van der Waals surface area contributed by atoms with E-state index >= 15 is 0 Å². The van der Waals surface area contributed by atoms with E-state index in [2.05, 4.69) is 32.7 Å². The normalized spacial score (nSPS) is 31.2. The van der Waals surface area contributed by atoms with Gasteiger partial charge >= 0.3 is 0 Å². The number of anilines is 1. The Kier molecular flexibility index (Phi) is 9.10. The zero-order chi connectivity index (χ0) is 32.7. The molecule has 2 amide bonds. The van der Waals surface area contributed by atoms with Crippen LogP contribution in [0.15, 0.2) is 70.5 Å². The first-order valence-corrected chi connectivity index (χ1v) is 17.8. The standard InChI is InChI=1S/C35H42ClN3O6S/c1-5-32(40)37-46(42)26-12-15-31-29(19-26)39(21-35(22-44-31)16-6-8-23-18-25(36)11-14-28(23)35)20-24-10-13-27(24)30(43-4)9-7-17-45-34(2,3)33(41)38-46/h5,7,9,11-12,14-15,18-19,24,27,30H,1,6,8,10,13,16-17,20-22H2,2-4H3,(H,37,38,40,41,42)/b9-7-/t24-,27+,30-,35-,46?/m0/s1. The highest BCUT2D eigenvalue weighted by molar-refractivity contribution is 7.92. The van der Waals surface area contributed by atoms with Gasteiger partial charge in [-0.25, -0.2) is 4.21 Å². The van der Waals surface area contributed by atoms with E-state index in [1.807, 2.05) is 18.2 Å². The summed E-state index contributed by atoms with van der Waals surface area (Å²) in [5.41, 5.74) is 1.53. The highest BCUT2D eigenvalue weighted by atomic mass is 35.5. The van der Waals surface area contributed by atoms with Crippen molar-refractivity contribution >= 4 is 39.0 Å². The van der Waals surface area contributed by atoms with Gasteiger partial charge in [0.25, 0.3) is 11.8 Å². The largest absolute Gasteiger partial charge is 0.490 e. The Morgan fingerprint density at radius 2 is 2.07 bits per heavy atom. The lowest BCUT2D eigenvalue weighted by Gasteiger charge is -2.46. The van der Waals surface area contributed by atoms with Gasteiger partial charge < -0.3 is 19.1 Å². The molecule has 1 spiro atoms. The number of aryl methyl sites for hydroxylation is 1. The molecule has 2 aromatic carbocycles. The van der Waals surface area contributed by atoms with E-state index in [0.717, 1.165) is 55.4 Å². The van der Waals surface area contributed by atoms with Crippen LogP contribution in [0.5, 0.6) is 5.75 Å². The number of halogens is 1. The van der Waals surface area contributed by atoms with E-state index in [9.17, 15) is 13.8 Å². The second kappa shape index (κ2) is 12.8. The van der Waals surface area contributed by atoms with Crippen molar-refractivity contribution in [2.75, 3.05) is 38.3 Å². The number of hydrogen-bond acceptors (Lipinski definition) is 7. The van der Waals surface area contributed by atoms with Crippen LogP contribution >= 0.6 is 11.6 Å². The van der Waals surface area contributed by atoms with Crippen LogP contribution in [0.2, 0.25) is 5.02 Å². The van der Waals surface area contributed by atoms with Crippen LogP contribution in [-0.4, -0.2) is 61.1 Å². The Hall–Kier alpha value is -3.18. The lowest BCUT2D eigenvalue weighted by molar-refractivity contribution is -0.137. The Labute approximate surface area is 276 Å². The number of methoxy groups -OCH3 is 1. The van der Waals surface area contributed by atoms with Crippen LogP contribution in [0.4, 0.5) is 5.69 Å². The highest BCUT2D eigenvalue weighted by Gasteiger charge is 2.44. The topological polar surface area (TPSA) is 107 Å². The third-order valence-corrected chi connectivity index (χ3v) is 12.0. The Morgan fingerprint density at radius 1 is 1.24 bits per heavy atom. The number of benzene rings is 2. The molecule has 2 bridgehead atoms. The monoisotopic (exact) mass is 667 g/mol. The molecule has 5 atom stereocenters. The number of amides is 2. The fraction of sp³-hybridized carbons (Fsp3) is 0.486. The lowest BCUT2D eigenvalue weighted by atomic mass is 9.68. The predicted molar refractivity (Wildman–Crippen MR) is 179 cm³/mol. The molecule has 2 aliphatic heterocycles. The van der Waals surface area contributed by atoms with Gasteiger partial charge in [0.1, 0.15) is 11.4 Å². The summed E-state index contributed by atoms with van der Waals surface area (Å²) >= 11 is 6.43. The Balaban J connectivity index is 1.51. The predicted octanol–water partition coefficient (Wildman–Crippen LogP) is 5.79. The number of carbonyl (C=O) groups is 2. The first kappa shape index (κ1) is 32.7. The molecular formula is C35H42ClN3O6S. The minimum atomic E-state index is -3.78.